The van der Waals surface area contributed by atoms with Crippen molar-refractivity contribution in [3.63, 3.8) is 0 Å². The Morgan fingerprint density at radius 3 is 2.48 bits per heavy atom. The highest BCUT2D eigenvalue weighted by atomic mass is 16.6. The van der Waals surface area contributed by atoms with Crippen molar-refractivity contribution < 1.29 is 9.72 Å². The molecule has 8 heteroatoms. The van der Waals surface area contributed by atoms with Gasteiger partial charge < -0.3 is 10.3 Å². The van der Waals surface area contributed by atoms with Gasteiger partial charge in [0.15, 0.2) is 0 Å². The Balaban J connectivity index is 1.65. The summed E-state index contributed by atoms with van der Waals surface area (Å²) in [6, 6.07) is 14.6. The van der Waals surface area contributed by atoms with Gasteiger partial charge in [-0.3, -0.25) is 19.9 Å². The number of aromatic amines is 1. The van der Waals surface area contributed by atoms with E-state index in [0.29, 0.717) is 22.6 Å². The highest BCUT2D eigenvalue weighted by molar-refractivity contribution is 6.11. The molecule has 0 aliphatic carbocycles. The number of fused-ring (bicyclic) bond motifs is 1. The molecule has 2 aromatic heterocycles. The van der Waals surface area contributed by atoms with E-state index < -0.39 is 4.92 Å². The number of anilines is 1. The maximum Gasteiger partial charge on any atom is 0.269 e. The van der Waals surface area contributed by atoms with E-state index in [-0.39, 0.29) is 11.6 Å². The second kappa shape index (κ2) is 6.68. The van der Waals surface area contributed by atoms with Crippen molar-refractivity contribution in [3.05, 3.63) is 82.7 Å². The van der Waals surface area contributed by atoms with Crippen LogP contribution in [0.5, 0.6) is 0 Å². The average molecular weight is 359 g/mol. The minimum Gasteiger partial charge on any atom is -0.338 e. The lowest BCUT2D eigenvalue weighted by atomic mass is 10.1. The molecule has 0 saturated carbocycles. The highest BCUT2D eigenvalue weighted by Gasteiger charge is 2.15. The Morgan fingerprint density at radius 2 is 1.78 bits per heavy atom. The molecule has 0 spiro atoms. The number of amides is 1. The zero-order valence-electron chi connectivity index (χ0n) is 13.9. The molecule has 27 heavy (non-hydrogen) atoms. The molecule has 0 atom stereocenters. The van der Waals surface area contributed by atoms with E-state index in [1.807, 2.05) is 18.2 Å². The number of aromatic nitrogens is 3. The molecule has 132 valence electrons. The number of nitrogens with zero attached hydrogens (tertiary/aromatic N) is 3. The molecule has 0 radical (unpaired) electrons. The van der Waals surface area contributed by atoms with Gasteiger partial charge >= 0.3 is 0 Å². The molecule has 0 saturated heterocycles. The molecular formula is C19H13N5O3. The predicted octanol–water partition coefficient (Wildman–Crippen LogP) is 3.79. The first kappa shape index (κ1) is 16.4. The van der Waals surface area contributed by atoms with Crippen LogP contribution in [-0.4, -0.2) is 25.8 Å². The van der Waals surface area contributed by atoms with E-state index in [1.54, 1.807) is 24.5 Å². The van der Waals surface area contributed by atoms with Crippen molar-refractivity contribution in [2.24, 2.45) is 0 Å². The van der Waals surface area contributed by atoms with Crippen molar-refractivity contribution in [1.29, 1.82) is 0 Å². The normalized spacial score (nSPS) is 10.7. The number of H-pyrrole nitrogens is 1. The van der Waals surface area contributed by atoms with Crippen LogP contribution in [0.4, 0.5) is 11.4 Å². The molecule has 2 N–H and O–H groups in total. The van der Waals surface area contributed by atoms with Crippen molar-refractivity contribution in [1.82, 2.24) is 15.0 Å². The van der Waals surface area contributed by atoms with Crippen molar-refractivity contribution in [3.8, 4) is 11.4 Å². The molecular weight excluding hydrogens is 346 g/mol. The second-order valence-corrected chi connectivity index (χ2v) is 5.78. The summed E-state index contributed by atoms with van der Waals surface area (Å²) in [5.74, 6) is 0.296. The Bertz CT molecular complexity index is 1140. The lowest BCUT2D eigenvalue weighted by molar-refractivity contribution is -0.384. The third kappa shape index (κ3) is 3.23. The van der Waals surface area contributed by atoms with Gasteiger partial charge in [-0.25, -0.2) is 4.98 Å². The zero-order valence-corrected chi connectivity index (χ0v) is 13.9. The molecule has 0 unspecified atom stereocenters. The molecule has 1 amide bonds. The van der Waals surface area contributed by atoms with Gasteiger partial charge in [-0.2, -0.15) is 0 Å². The van der Waals surface area contributed by atoms with E-state index >= 15 is 0 Å². The molecule has 0 aliphatic heterocycles. The molecule has 8 nitrogen and oxygen atoms in total. The summed E-state index contributed by atoms with van der Waals surface area (Å²) in [7, 11) is 0. The zero-order chi connectivity index (χ0) is 18.8. The number of non-ortho nitro benzene ring substituents is 1. The molecule has 2 aromatic carbocycles. The fourth-order valence-electron chi connectivity index (χ4n) is 2.73. The van der Waals surface area contributed by atoms with Gasteiger partial charge in [-0.15, -0.1) is 0 Å². The van der Waals surface area contributed by atoms with Crippen LogP contribution in [0.2, 0.25) is 0 Å². The van der Waals surface area contributed by atoms with Gasteiger partial charge in [0.1, 0.15) is 11.3 Å². The lowest BCUT2D eigenvalue weighted by Crippen LogP contribution is -2.12. The monoisotopic (exact) mass is 359 g/mol. The van der Waals surface area contributed by atoms with Crippen LogP contribution in [0.25, 0.3) is 22.4 Å². The molecule has 0 bridgehead atoms. The number of carbonyl (C=O) groups excluding carboxylic acids is 1. The van der Waals surface area contributed by atoms with Crippen LogP contribution in [0.1, 0.15) is 10.4 Å². The summed E-state index contributed by atoms with van der Waals surface area (Å²) in [4.78, 5) is 34.7. The first-order valence-electron chi connectivity index (χ1n) is 8.07. The topological polar surface area (TPSA) is 114 Å². The van der Waals surface area contributed by atoms with E-state index in [0.717, 1.165) is 11.1 Å². The SMILES string of the molecule is O=C(Nc1ccc([N+](=O)[O-])cc1)c1cccc2[nH]c(-c3ccncc3)nc12. The number of imidazole rings is 1. The Hall–Kier alpha value is -4.07. The molecule has 0 aliphatic rings. The third-order valence-electron chi connectivity index (χ3n) is 4.05. The van der Waals surface area contributed by atoms with E-state index in [2.05, 4.69) is 20.3 Å². The smallest absolute Gasteiger partial charge is 0.269 e. The summed E-state index contributed by atoms with van der Waals surface area (Å²) in [5, 5.41) is 13.5. The highest BCUT2D eigenvalue weighted by Crippen LogP contribution is 2.23. The molecule has 4 aromatic rings. The number of benzene rings is 2. The number of pyridine rings is 1. The van der Waals surface area contributed by atoms with Crippen LogP contribution >= 0.6 is 0 Å². The van der Waals surface area contributed by atoms with Gasteiger partial charge in [0.25, 0.3) is 11.6 Å². The fraction of sp³-hybridized carbons (Fsp3) is 0. The Kier molecular flexibility index (Phi) is 4.06. The minimum atomic E-state index is -0.489. The van der Waals surface area contributed by atoms with Crippen LogP contribution < -0.4 is 5.32 Å². The van der Waals surface area contributed by atoms with Gasteiger partial charge in [-0.1, -0.05) is 6.07 Å². The van der Waals surface area contributed by atoms with Crippen LogP contribution in [-0.2, 0) is 0 Å². The maximum atomic E-state index is 12.7. The quantitative estimate of drug-likeness (QED) is 0.425. The predicted molar refractivity (Wildman–Crippen MR) is 100 cm³/mol. The standard InChI is InChI=1S/C19H13N5O3/c25-19(21-13-4-6-14(7-5-13)24(26)27)15-2-1-3-16-17(15)23-18(22-16)12-8-10-20-11-9-12/h1-11H,(H,21,25)(H,22,23). The van der Waals surface area contributed by atoms with Crippen molar-refractivity contribution >= 4 is 28.3 Å². The largest absolute Gasteiger partial charge is 0.338 e. The van der Waals surface area contributed by atoms with E-state index in [4.69, 9.17) is 0 Å². The number of nitro groups is 1. The molecule has 0 fully saturated rings. The molecule has 2 heterocycles. The average Bonchev–Trinajstić information content (AvgIpc) is 3.13. The third-order valence-corrected chi connectivity index (χ3v) is 4.05. The van der Waals surface area contributed by atoms with Gasteiger partial charge in [0.05, 0.1) is 16.0 Å². The number of nitro benzene ring substituents is 1. The number of nitrogens with one attached hydrogen (secondary N) is 2. The molecule has 4 rings (SSSR count). The van der Waals surface area contributed by atoms with Gasteiger partial charge in [-0.05, 0) is 36.4 Å². The number of para-hydroxylation sites is 1. The summed E-state index contributed by atoms with van der Waals surface area (Å²) in [6.07, 6.45) is 3.34. The van der Waals surface area contributed by atoms with Gasteiger partial charge in [0.2, 0.25) is 0 Å². The second-order valence-electron chi connectivity index (χ2n) is 5.78. The van der Waals surface area contributed by atoms with Crippen LogP contribution in [0, 0.1) is 10.1 Å². The fourth-order valence-corrected chi connectivity index (χ4v) is 2.73. The number of hydrogen-bond donors (Lipinski definition) is 2. The maximum absolute atomic E-state index is 12.7. The lowest BCUT2D eigenvalue weighted by Gasteiger charge is -2.05. The first-order chi connectivity index (χ1) is 13.1. The number of rotatable bonds is 4. The Labute approximate surface area is 153 Å². The van der Waals surface area contributed by atoms with Crippen LogP contribution in [0.15, 0.2) is 67.0 Å². The van der Waals surface area contributed by atoms with E-state index in [1.165, 1.54) is 24.3 Å². The summed E-state index contributed by atoms with van der Waals surface area (Å²) in [6.45, 7) is 0. The summed E-state index contributed by atoms with van der Waals surface area (Å²) < 4.78 is 0. The summed E-state index contributed by atoms with van der Waals surface area (Å²) in [5.41, 5.74) is 2.98. The Morgan fingerprint density at radius 1 is 1.04 bits per heavy atom. The van der Waals surface area contributed by atoms with Crippen molar-refractivity contribution in [2.75, 3.05) is 5.32 Å². The van der Waals surface area contributed by atoms with Gasteiger partial charge in [0, 0.05) is 35.8 Å². The number of carbonyl (C=O) groups is 1. The number of hydrogen-bond acceptors (Lipinski definition) is 5. The van der Waals surface area contributed by atoms with Crippen LogP contribution in [0.3, 0.4) is 0 Å². The van der Waals surface area contributed by atoms with E-state index in [9.17, 15) is 14.9 Å². The first-order valence-corrected chi connectivity index (χ1v) is 8.07. The minimum absolute atomic E-state index is 0.0376. The van der Waals surface area contributed by atoms with Crippen molar-refractivity contribution in [2.45, 2.75) is 0 Å². The summed E-state index contributed by atoms with van der Waals surface area (Å²) >= 11 is 0.